The van der Waals surface area contributed by atoms with Gasteiger partial charge in [-0.15, -0.1) is 0 Å². The average Bonchev–Trinajstić information content (AvgIpc) is 2.59. The molecule has 0 fully saturated rings. The molecule has 1 N–H and O–H groups in total. The zero-order valence-electron chi connectivity index (χ0n) is 12.9. The molecule has 114 valence electrons. The lowest BCUT2D eigenvalue weighted by Gasteiger charge is -2.04. The molecule has 2 aromatic carbocycles. The van der Waals surface area contributed by atoms with Crippen LogP contribution in [0.15, 0.2) is 54.6 Å². The summed E-state index contributed by atoms with van der Waals surface area (Å²) in [5, 5.41) is 10.1. The second-order valence-electron chi connectivity index (χ2n) is 5.35. The van der Waals surface area contributed by atoms with Gasteiger partial charge < -0.3 is 5.11 Å². The summed E-state index contributed by atoms with van der Waals surface area (Å²) in [5.74, 6) is -0.939. The molecular weight excluding hydrogens is 286 g/mol. The molecule has 23 heavy (non-hydrogen) atoms. The predicted octanol–water partition coefficient (Wildman–Crippen LogP) is 4.67. The van der Waals surface area contributed by atoms with E-state index in [-0.39, 0.29) is 5.56 Å². The first-order chi connectivity index (χ1) is 11.2. The van der Waals surface area contributed by atoms with Crippen molar-refractivity contribution < 1.29 is 9.90 Å². The van der Waals surface area contributed by atoms with Crippen LogP contribution in [0.4, 0.5) is 0 Å². The molecule has 3 heteroatoms. The van der Waals surface area contributed by atoms with Crippen molar-refractivity contribution in [2.45, 2.75) is 13.3 Å². The van der Waals surface area contributed by atoms with Gasteiger partial charge >= 0.3 is 5.97 Å². The van der Waals surface area contributed by atoms with E-state index in [0.717, 1.165) is 12.0 Å². The van der Waals surface area contributed by atoms with Gasteiger partial charge in [-0.2, -0.15) is 0 Å². The number of aromatic nitrogens is 1. The number of nitrogens with zero attached hydrogens (tertiary/aromatic N) is 1. The second-order valence-corrected chi connectivity index (χ2v) is 5.35. The van der Waals surface area contributed by atoms with Crippen molar-refractivity contribution in [1.82, 2.24) is 4.98 Å². The van der Waals surface area contributed by atoms with E-state index in [2.05, 4.69) is 36.2 Å². The number of carboxylic acid groups (broad SMARTS) is 1. The number of carbonyl (C=O) groups is 1. The third-order valence-electron chi connectivity index (χ3n) is 3.80. The summed E-state index contributed by atoms with van der Waals surface area (Å²) in [4.78, 5) is 16.0. The van der Waals surface area contributed by atoms with E-state index in [1.54, 1.807) is 12.1 Å². The number of pyridine rings is 1. The lowest BCUT2D eigenvalue weighted by atomic mass is 10.1. The lowest BCUT2D eigenvalue weighted by molar-refractivity contribution is 0.0699. The molecule has 0 bridgehead atoms. The third-order valence-corrected chi connectivity index (χ3v) is 3.80. The minimum atomic E-state index is -0.939. The third kappa shape index (κ3) is 3.29. The van der Waals surface area contributed by atoms with Crippen LogP contribution in [0, 0.1) is 0 Å². The van der Waals surface area contributed by atoms with E-state index in [1.807, 2.05) is 30.4 Å². The van der Waals surface area contributed by atoms with Crippen molar-refractivity contribution in [2.75, 3.05) is 0 Å². The Morgan fingerprint density at radius 3 is 2.52 bits per heavy atom. The fourth-order valence-electron chi connectivity index (χ4n) is 2.50. The number of aromatic carboxylic acids is 1. The van der Waals surface area contributed by atoms with Crippen LogP contribution in [0.3, 0.4) is 0 Å². The number of fused-ring (bicyclic) bond motifs is 1. The molecule has 0 saturated heterocycles. The zero-order valence-corrected chi connectivity index (χ0v) is 12.9. The highest BCUT2D eigenvalue weighted by Gasteiger charge is 2.10. The molecule has 0 saturated carbocycles. The first-order valence-electron chi connectivity index (χ1n) is 7.57. The van der Waals surface area contributed by atoms with Crippen LogP contribution in [0.2, 0.25) is 0 Å². The molecule has 0 aliphatic carbocycles. The molecule has 0 radical (unpaired) electrons. The topological polar surface area (TPSA) is 50.2 Å². The standard InChI is InChI=1S/C20H17NO2/c1-2-14-7-9-15(10-8-14)11-12-16-13-18(20(22)23)17-5-3-4-6-19(17)21-16/h3-13H,2H2,1H3,(H,22,23)/b12-11+. The van der Waals surface area contributed by atoms with E-state index in [1.165, 1.54) is 5.56 Å². The largest absolute Gasteiger partial charge is 0.478 e. The minimum absolute atomic E-state index is 0.275. The summed E-state index contributed by atoms with van der Waals surface area (Å²) >= 11 is 0. The van der Waals surface area contributed by atoms with Crippen LogP contribution in [0.25, 0.3) is 23.1 Å². The highest BCUT2D eigenvalue weighted by atomic mass is 16.4. The lowest BCUT2D eigenvalue weighted by Crippen LogP contribution is -2.00. The van der Waals surface area contributed by atoms with Crippen molar-refractivity contribution >= 4 is 29.0 Å². The van der Waals surface area contributed by atoms with Gasteiger partial charge in [-0.1, -0.05) is 55.5 Å². The number of aryl methyl sites for hydroxylation is 1. The van der Waals surface area contributed by atoms with E-state index in [9.17, 15) is 9.90 Å². The Bertz CT molecular complexity index is 880. The molecule has 0 aliphatic heterocycles. The van der Waals surface area contributed by atoms with Gasteiger partial charge in [0.25, 0.3) is 0 Å². The monoisotopic (exact) mass is 303 g/mol. The molecule has 0 amide bonds. The summed E-state index contributed by atoms with van der Waals surface area (Å²) in [5.41, 5.74) is 3.96. The first kappa shape index (κ1) is 15.0. The SMILES string of the molecule is CCc1ccc(/C=C/c2cc(C(=O)O)c3ccccc3n2)cc1. The quantitative estimate of drug-likeness (QED) is 0.762. The van der Waals surface area contributed by atoms with Gasteiger partial charge in [-0.3, -0.25) is 0 Å². The van der Waals surface area contributed by atoms with Gasteiger partial charge in [-0.05, 0) is 35.8 Å². The number of rotatable bonds is 4. The van der Waals surface area contributed by atoms with Crippen molar-refractivity contribution in [3.8, 4) is 0 Å². The average molecular weight is 303 g/mol. The summed E-state index contributed by atoms with van der Waals surface area (Å²) in [6, 6.07) is 17.2. The van der Waals surface area contributed by atoms with Gasteiger partial charge in [0.05, 0.1) is 16.8 Å². The molecular formula is C20H17NO2. The number of benzene rings is 2. The smallest absolute Gasteiger partial charge is 0.336 e. The van der Waals surface area contributed by atoms with Crippen LogP contribution < -0.4 is 0 Å². The first-order valence-corrected chi connectivity index (χ1v) is 7.57. The highest BCUT2D eigenvalue weighted by molar-refractivity contribution is 6.03. The van der Waals surface area contributed by atoms with Crippen LogP contribution in [-0.4, -0.2) is 16.1 Å². The molecule has 0 atom stereocenters. The maximum absolute atomic E-state index is 11.5. The van der Waals surface area contributed by atoms with Crippen LogP contribution in [-0.2, 0) is 6.42 Å². The van der Waals surface area contributed by atoms with Crippen molar-refractivity contribution in [2.24, 2.45) is 0 Å². The number of para-hydroxylation sites is 1. The van der Waals surface area contributed by atoms with E-state index in [4.69, 9.17) is 0 Å². The molecule has 3 rings (SSSR count). The van der Waals surface area contributed by atoms with Crippen molar-refractivity contribution in [1.29, 1.82) is 0 Å². The van der Waals surface area contributed by atoms with Gasteiger partial charge in [0, 0.05) is 5.39 Å². The Morgan fingerprint density at radius 1 is 1.09 bits per heavy atom. The number of carboxylic acids is 1. The zero-order chi connectivity index (χ0) is 16.2. The van der Waals surface area contributed by atoms with Crippen LogP contribution in [0.1, 0.15) is 34.1 Å². The van der Waals surface area contributed by atoms with E-state index < -0.39 is 5.97 Å². The molecule has 0 aliphatic rings. The fourth-order valence-corrected chi connectivity index (χ4v) is 2.50. The Kier molecular flexibility index (Phi) is 4.20. The Hall–Kier alpha value is -2.94. The number of hydrogen-bond acceptors (Lipinski definition) is 2. The van der Waals surface area contributed by atoms with Gasteiger partial charge in [0.1, 0.15) is 0 Å². The fraction of sp³-hybridized carbons (Fsp3) is 0.100. The minimum Gasteiger partial charge on any atom is -0.478 e. The summed E-state index contributed by atoms with van der Waals surface area (Å²) in [6.07, 6.45) is 4.81. The summed E-state index contributed by atoms with van der Waals surface area (Å²) < 4.78 is 0. The van der Waals surface area contributed by atoms with Crippen LogP contribution >= 0.6 is 0 Å². The second kappa shape index (κ2) is 6.44. The Labute approximate surface area is 134 Å². The maximum atomic E-state index is 11.5. The van der Waals surface area contributed by atoms with Crippen molar-refractivity contribution in [3.63, 3.8) is 0 Å². The summed E-state index contributed by atoms with van der Waals surface area (Å²) in [6.45, 7) is 2.12. The molecule has 0 spiro atoms. The van der Waals surface area contributed by atoms with E-state index in [0.29, 0.717) is 16.6 Å². The Balaban J connectivity index is 1.99. The molecule has 3 nitrogen and oxygen atoms in total. The normalized spacial score (nSPS) is 11.2. The van der Waals surface area contributed by atoms with E-state index >= 15 is 0 Å². The molecule has 1 heterocycles. The van der Waals surface area contributed by atoms with Crippen LogP contribution in [0.5, 0.6) is 0 Å². The molecule has 1 aromatic heterocycles. The van der Waals surface area contributed by atoms with Crippen molar-refractivity contribution in [3.05, 3.63) is 77.0 Å². The van der Waals surface area contributed by atoms with Gasteiger partial charge in [-0.25, -0.2) is 9.78 Å². The molecule has 3 aromatic rings. The summed E-state index contributed by atoms with van der Waals surface area (Å²) in [7, 11) is 0. The Morgan fingerprint density at radius 2 is 1.83 bits per heavy atom. The number of hydrogen-bond donors (Lipinski definition) is 1. The maximum Gasteiger partial charge on any atom is 0.336 e. The van der Waals surface area contributed by atoms with Gasteiger partial charge in [0.2, 0.25) is 0 Å². The predicted molar refractivity (Wildman–Crippen MR) is 93.5 cm³/mol. The van der Waals surface area contributed by atoms with Gasteiger partial charge in [0.15, 0.2) is 0 Å². The molecule has 0 unspecified atom stereocenters. The highest BCUT2D eigenvalue weighted by Crippen LogP contribution is 2.19.